The fourth-order valence-corrected chi connectivity index (χ4v) is 2.81. The van der Waals surface area contributed by atoms with Crippen molar-refractivity contribution in [2.45, 2.75) is 25.0 Å². The SMILES string of the molecule is O=C(O)c1cccc(C(=O)NC(c2ccccc2)C2CCCO2)n1. The van der Waals surface area contributed by atoms with E-state index in [2.05, 4.69) is 10.3 Å². The van der Waals surface area contributed by atoms with Crippen LogP contribution < -0.4 is 5.32 Å². The molecule has 1 fully saturated rings. The predicted octanol–water partition coefficient (Wildman–Crippen LogP) is 2.43. The van der Waals surface area contributed by atoms with Gasteiger partial charge in [0.25, 0.3) is 5.91 Å². The number of amides is 1. The van der Waals surface area contributed by atoms with Gasteiger partial charge in [-0.3, -0.25) is 4.79 Å². The van der Waals surface area contributed by atoms with Crippen molar-refractivity contribution in [2.24, 2.45) is 0 Å². The molecule has 1 aromatic heterocycles. The summed E-state index contributed by atoms with van der Waals surface area (Å²) >= 11 is 0. The number of benzene rings is 1. The van der Waals surface area contributed by atoms with E-state index in [-0.39, 0.29) is 23.5 Å². The van der Waals surface area contributed by atoms with Gasteiger partial charge >= 0.3 is 5.97 Å². The van der Waals surface area contributed by atoms with E-state index in [0.717, 1.165) is 18.4 Å². The molecule has 2 N–H and O–H groups in total. The average Bonchev–Trinajstić information content (AvgIpc) is 3.14. The number of nitrogens with one attached hydrogen (secondary N) is 1. The van der Waals surface area contributed by atoms with Crippen LogP contribution in [0.3, 0.4) is 0 Å². The van der Waals surface area contributed by atoms with E-state index in [1.807, 2.05) is 30.3 Å². The summed E-state index contributed by atoms with van der Waals surface area (Å²) in [6.45, 7) is 0.677. The molecule has 2 aromatic rings. The Morgan fingerprint density at radius 2 is 1.88 bits per heavy atom. The zero-order valence-electron chi connectivity index (χ0n) is 13.0. The number of nitrogens with zero attached hydrogens (tertiary/aromatic N) is 1. The first-order chi connectivity index (χ1) is 11.6. The van der Waals surface area contributed by atoms with E-state index in [1.165, 1.54) is 18.2 Å². The highest BCUT2D eigenvalue weighted by atomic mass is 16.5. The molecule has 124 valence electrons. The molecular weight excluding hydrogens is 308 g/mol. The number of rotatable bonds is 5. The number of carboxylic acid groups (broad SMARTS) is 1. The average molecular weight is 326 g/mol. The first kappa shape index (κ1) is 16.1. The molecule has 6 heteroatoms. The molecule has 2 unspecified atom stereocenters. The van der Waals surface area contributed by atoms with E-state index in [9.17, 15) is 9.59 Å². The quantitative estimate of drug-likeness (QED) is 0.881. The number of aromatic nitrogens is 1. The van der Waals surface area contributed by atoms with Gasteiger partial charge in [0.1, 0.15) is 11.4 Å². The van der Waals surface area contributed by atoms with Crippen molar-refractivity contribution in [3.05, 3.63) is 65.5 Å². The molecule has 0 saturated carbocycles. The van der Waals surface area contributed by atoms with Crippen LogP contribution in [0.1, 0.15) is 45.4 Å². The zero-order valence-corrected chi connectivity index (χ0v) is 13.0. The molecule has 0 spiro atoms. The molecule has 6 nitrogen and oxygen atoms in total. The van der Waals surface area contributed by atoms with Crippen LogP contribution in [0.2, 0.25) is 0 Å². The number of hydrogen-bond acceptors (Lipinski definition) is 4. The Kier molecular flexibility index (Phi) is 4.86. The van der Waals surface area contributed by atoms with Crippen molar-refractivity contribution in [3.63, 3.8) is 0 Å². The Bertz CT molecular complexity index is 727. The highest BCUT2D eigenvalue weighted by molar-refractivity contribution is 5.94. The maximum atomic E-state index is 12.5. The molecule has 1 aliphatic rings. The highest BCUT2D eigenvalue weighted by Crippen LogP contribution is 2.27. The third-order valence-electron chi connectivity index (χ3n) is 3.98. The van der Waals surface area contributed by atoms with Gasteiger partial charge in [0.05, 0.1) is 12.1 Å². The second-order valence-electron chi connectivity index (χ2n) is 5.63. The van der Waals surface area contributed by atoms with Crippen LogP contribution >= 0.6 is 0 Å². The van der Waals surface area contributed by atoms with Crippen molar-refractivity contribution < 1.29 is 19.4 Å². The van der Waals surface area contributed by atoms with E-state index in [0.29, 0.717) is 6.61 Å². The fraction of sp³-hybridized carbons (Fsp3) is 0.278. The molecule has 1 aromatic carbocycles. The summed E-state index contributed by atoms with van der Waals surface area (Å²) in [5, 5.41) is 11.9. The molecule has 24 heavy (non-hydrogen) atoms. The van der Waals surface area contributed by atoms with E-state index in [4.69, 9.17) is 9.84 Å². The maximum absolute atomic E-state index is 12.5. The summed E-state index contributed by atoms with van der Waals surface area (Å²) < 4.78 is 5.74. The Morgan fingerprint density at radius 3 is 2.54 bits per heavy atom. The minimum absolute atomic E-state index is 0.0776. The van der Waals surface area contributed by atoms with E-state index in [1.54, 1.807) is 0 Å². The largest absolute Gasteiger partial charge is 0.477 e. The van der Waals surface area contributed by atoms with Gasteiger partial charge in [0, 0.05) is 6.61 Å². The van der Waals surface area contributed by atoms with Crippen molar-refractivity contribution in [1.29, 1.82) is 0 Å². The second kappa shape index (κ2) is 7.23. The molecule has 1 amide bonds. The molecular formula is C18H18N2O4. The van der Waals surface area contributed by atoms with Crippen molar-refractivity contribution in [2.75, 3.05) is 6.61 Å². The number of ether oxygens (including phenoxy) is 1. The molecule has 0 radical (unpaired) electrons. The summed E-state index contributed by atoms with van der Waals surface area (Å²) in [5.41, 5.74) is 0.872. The van der Waals surface area contributed by atoms with Crippen LogP contribution in [0.15, 0.2) is 48.5 Å². The second-order valence-corrected chi connectivity index (χ2v) is 5.63. The maximum Gasteiger partial charge on any atom is 0.354 e. The van der Waals surface area contributed by atoms with Gasteiger partial charge in [0.2, 0.25) is 0 Å². The lowest BCUT2D eigenvalue weighted by atomic mass is 9.99. The van der Waals surface area contributed by atoms with E-state index < -0.39 is 11.9 Å². The zero-order chi connectivity index (χ0) is 16.9. The van der Waals surface area contributed by atoms with Gasteiger partial charge in [-0.25, -0.2) is 9.78 Å². The lowest BCUT2D eigenvalue weighted by Crippen LogP contribution is -2.36. The standard InChI is InChI=1S/C18H18N2O4/c21-17(13-8-4-9-14(19-13)18(22)23)20-16(15-10-5-11-24-15)12-6-2-1-3-7-12/h1-4,6-9,15-16H,5,10-11H2,(H,20,21)(H,22,23). The molecule has 0 bridgehead atoms. The number of carbonyl (C=O) groups excluding carboxylic acids is 1. The molecule has 1 saturated heterocycles. The number of carbonyl (C=O) groups is 2. The number of carboxylic acids is 1. The van der Waals surface area contributed by atoms with Crippen LogP contribution in [0.5, 0.6) is 0 Å². The summed E-state index contributed by atoms with van der Waals surface area (Å²) in [6, 6.07) is 13.7. The molecule has 3 rings (SSSR count). The lowest BCUT2D eigenvalue weighted by molar-refractivity contribution is 0.0667. The minimum atomic E-state index is -1.16. The third-order valence-corrected chi connectivity index (χ3v) is 3.98. The first-order valence-corrected chi connectivity index (χ1v) is 7.83. The van der Waals surface area contributed by atoms with Gasteiger partial charge in [0.15, 0.2) is 0 Å². The summed E-state index contributed by atoms with van der Waals surface area (Å²) in [5.74, 6) is -1.58. The normalized spacial score (nSPS) is 18.1. The Balaban J connectivity index is 1.83. The molecule has 2 heterocycles. The number of aromatic carboxylic acids is 1. The Morgan fingerprint density at radius 1 is 1.12 bits per heavy atom. The summed E-state index contributed by atoms with van der Waals surface area (Å²) in [4.78, 5) is 27.4. The van der Waals surface area contributed by atoms with Gasteiger partial charge in [-0.2, -0.15) is 0 Å². The minimum Gasteiger partial charge on any atom is -0.477 e. The Hall–Kier alpha value is -2.73. The van der Waals surface area contributed by atoms with Gasteiger partial charge in [-0.1, -0.05) is 36.4 Å². The van der Waals surface area contributed by atoms with Crippen molar-refractivity contribution in [3.8, 4) is 0 Å². The summed E-state index contributed by atoms with van der Waals surface area (Å²) in [7, 11) is 0. The number of hydrogen-bond donors (Lipinski definition) is 2. The highest BCUT2D eigenvalue weighted by Gasteiger charge is 2.29. The van der Waals surface area contributed by atoms with Crippen molar-refractivity contribution in [1.82, 2.24) is 10.3 Å². The van der Waals surface area contributed by atoms with Crippen LogP contribution in [0.4, 0.5) is 0 Å². The van der Waals surface area contributed by atoms with Crippen molar-refractivity contribution >= 4 is 11.9 Å². The lowest BCUT2D eigenvalue weighted by Gasteiger charge is -2.24. The Labute approximate surface area is 139 Å². The van der Waals surface area contributed by atoms with Crippen LogP contribution in [-0.2, 0) is 4.74 Å². The third kappa shape index (κ3) is 3.60. The number of pyridine rings is 1. The van der Waals surface area contributed by atoms with Crippen LogP contribution in [0, 0.1) is 0 Å². The monoisotopic (exact) mass is 326 g/mol. The predicted molar refractivity (Wildman–Crippen MR) is 86.8 cm³/mol. The van der Waals surface area contributed by atoms with Gasteiger partial charge in [-0.05, 0) is 30.5 Å². The molecule has 1 aliphatic heterocycles. The van der Waals surface area contributed by atoms with E-state index >= 15 is 0 Å². The summed E-state index contributed by atoms with van der Waals surface area (Å²) in [6.07, 6.45) is 1.72. The topological polar surface area (TPSA) is 88.5 Å². The smallest absolute Gasteiger partial charge is 0.354 e. The first-order valence-electron chi connectivity index (χ1n) is 7.83. The van der Waals surface area contributed by atoms with Crippen LogP contribution in [-0.4, -0.2) is 34.7 Å². The van der Waals surface area contributed by atoms with Gasteiger partial charge < -0.3 is 15.2 Å². The fourth-order valence-electron chi connectivity index (χ4n) is 2.81. The molecule has 0 aliphatic carbocycles. The van der Waals surface area contributed by atoms with Gasteiger partial charge in [-0.15, -0.1) is 0 Å². The van der Waals surface area contributed by atoms with Crippen LogP contribution in [0.25, 0.3) is 0 Å². The molecule has 2 atom stereocenters.